The van der Waals surface area contributed by atoms with E-state index < -0.39 is 0 Å². The molecule has 0 saturated carbocycles. The Bertz CT molecular complexity index is 1160. The summed E-state index contributed by atoms with van der Waals surface area (Å²) in [6.45, 7) is 0.989. The minimum Gasteiger partial charge on any atom is -0.495 e. The molecule has 178 valence electrons. The van der Waals surface area contributed by atoms with Crippen LogP contribution in [0.25, 0.3) is 0 Å². The Kier molecular flexibility index (Phi) is 7.37. The second-order valence-corrected chi connectivity index (χ2v) is 8.15. The summed E-state index contributed by atoms with van der Waals surface area (Å²) in [5.41, 5.74) is 2.96. The minimum absolute atomic E-state index is 0.205. The van der Waals surface area contributed by atoms with Crippen molar-refractivity contribution in [1.29, 1.82) is 0 Å². The van der Waals surface area contributed by atoms with Gasteiger partial charge in [0.2, 0.25) is 0 Å². The number of ether oxygens (including phenoxy) is 4. The maximum absolute atomic E-state index is 13.3. The molecule has 0 amide bonds. The summed E-state index contributed by atoms with van der Waals surface area (Å²) in [4.78, 5) is 2.10. The zero-order valence-corrected chi connectivity index (χ0v) is 20.2. The summed E-state index contributed by atoms with van der Waals surface area (Å²) >= 11 is 5.83. The molecule has 34 heavy (non-hydrogen) atoms. The number of hydrogen-bond acceptors (Lipinski definition) is 5. The van der Waals surface area contributed by atoms with Crippen molar-refractivity contribution in [1.82, 2.24) is 4.90 Å². The maximum atomic E-state index is 13.3. The Balaban J connectivity index is 1.65. The highest BCUT2D eigenvalue weighted by molar-refractivity contribution is 7.80. The molecule has 0 spiro atoms. The Morgan fingerprint density at radius 2 is 1.65 bits per heavy atom. The molecule has 0 aromatic heterocycles. The number of para-hydroxylation sites is 2. The van der Waals surface area contributed by atoms with Gasteiger partial charge in [0.15, 0.2) is 16.6 Å². The fourth-order valence-corrected chi connectivity index (χ4v) is 4.42. The Hall–Kier alpha value is -3.52. The summed E-state index contributed by atoms with van der Waals surface area (Å²) in [5, 5.41) is 3.87. The first kappa shape index (κ1) is 23.6. The van der Waals surface area contributed by atoms with Gasteiger partial charge in [-0.15, -0.1) is 0 Å². The first-order valence-electron chi connectivity index (χ1n) is 10.9. The molecule has 8 heteroatoms. The van der Waals surface area contributed by atoms with Gasteiger partial charge in [-0.3, -0.25) is 0 Å². The van der Waals surface area contributed by atoms with Gasteiger partial charge in [0, 0.05) is 6.54 Å². The van der Waals surface area contributed by atoms with Gasteiger partial charge in [-0.1, -0.05) is 12.1 Å². The molecule has 0 bridgehead atoms. The van der Waals surface area contributed by atoms with E-state index in [0.29, 0.717) is 41.3 Å². The first-order chi connectivity index (χ1) is 16.5. The van der Waals surface area contributed by atoms with E-state index in [1.165, 1.54) is 12.1 Å². The van der Waals surface area contributed by atoms with Crippen LogP contribution < -0.4 is 24.3 Å². The molecule has 0 fully saturated rings. The van der Waals surface area contributed by atoms with Gasteiger partial charge in [-0.05, 0) is 78.3 Å². The van der Waals surface area contributed by atoms with Crippen LogP contribution in [0.3, 0.4) is 0 Å². The van der Waals surface area contributed by atoms with Crippen LogP contribution >= 0.6 is 12.2 Å². The molecular formula is C26H27FN2O4S. The Morgan fingerprint density at radius 1 is 0.971 bits per heavy atom. The van der Waals surface area contributed by atoms with Crippen molar-refractivity contribution in [2.45, 2.75) is 12.5 Å². The number of nitrogens with one attached hydrogen (secondary N) is 1. The molecule has 6 nitrogen and oxygen atoms in total. The molecule has 1 atom stereocenters. The molecule has 1 heterocycles. The van der Waals surface area contributed by atoms with Crippen molar-refractivity contribution in [2.24, 2.45) is 0 Å². The summed E-state index contributed by atoms with van der Waals surface area (Å²) in [7, 11) is 4.86. The highest BCUT2D eigenvalue weighted by Crippen LogP contribution is 2.39. The predicted octanol–water partition coefficient (Wildman–Crippen LogP) is 5.23. The SMILES string of the molecule is COc1ccccc1NC(=S)N1CCc2cc(OC)c(OC)cc2[C@H]1COc1ccc(F)cc1. The van der Waals surface area contributed by atoms with Crippen LogP contribution in [0.5, 0.6) is 23.0 Å². The van der Waals surface area contributed by atoms with E-state index in [9.17, 15) is 4.39 Å². The monoisotopic (exact) mass is 482 g/mol. The predicted molar refractivity (Wildman–Crippen MR) is 134 cm³/mol. The summed E-state index contributed by atoms with van der Waals surface area (Å²) in [6, 6.07) is 17.4. The lowest BCUT2D eigenvalue weighted by molar-refractivity contribution is 0.190. The minimum atomic E-state index is -0.309. The van der Waals surface area contributed by atoms with Gasteiger partial charge in [0.25, 0.3) is 0 Å². The molecule has 0 radical (unpaired) electrons. The van der Waals surface area contributed by atoms with Crippen LogP contribution in [-0.2, 0) is 6.42 Å². The fourth-order valence-electron chi connectivity index (χ4n) is 4.09. The molecule has 1 aliphatic heterocycles. The smallest absolute Gasteiger partial charge is 0.174 e. The number of thiocarbonyl (C=S) groups is 1. The van der Waals surface area contributed by atoms with Gasteiger partial charge < -0.3 is 29.2 Å². The van der Waals surface area contributed by atoms with E-state index in [1.807, 2.05) is 36.4 Å². The lowest BCUT2D eigenvalue weighted by Gasteiger charge is -2.39. The number of anilines is 1. The molecule has 0 unspecified atom stereocenters. The molecule has 1 aliphatic rings. The van der Waals surface area contributed by atoms with Crippen LogP contribution in [0.1, 0.15) is 17.2 Å². The Morgan fingerprint density at radius 3 is 2.35 bits per heavy atom. The quantitative estimate of drug-likeness (QED) is 0.463. The van der Waals surface area contributed by atoms with E-state index in [4.69, 9.17) is 31.2 Å². The van der Waals surface area contributed by atoms with Gasteiger partial charge in [0.1, 0.15) is 23.9 Å². The number of rotatable bonds is 7. The lowest BCUT2D eigenvalue weighted by atomic mass is 9.92. The van der Waals surface area contributed by atoms with Crippen LogP contribution in [-0.4, -0.2) is 44.5 Å². The van der Waals surface area contributed by atoms with Gasteiger partial charge in [-0.25, -0.2) is 4.39 Å². The van der Waals surface area contributed by atoms with Gasteiger partial charge in [0.05, 0.1) is 33.1 Å². The standard InChI is InChI=1S/C26H27FN2O4S/c1-30-23-7-5-4-6-21(23)28-26(34)29-13-12-17-14-24(31-2)25(32-3)15-20(17)22(29)16-33-19-10-8-18(27)9-11-19/h4-11,14-15,22H,12-13,16H2,1-3H3,(H,28,34)/t22-/m1/s1. The fraction of sp³-hybridized carbons (Fsp3) is 0.269. The maximum Gasteiger partial charge on any atom is 0.174 e. The molecule has 1 N–H and O–H groups in total. The normalized spacial score (nSPS) is 14.7. The van der Waals surface area contributed by atoms with Crippen molar-refractivity contribution in [3.63, 3.8) is 0 Å². The van der Waals surface area contributed by atoms with Crippen molar-refractivity contribution >= 4 is 23.0 Å². The number of nitrogens with zero attached hydrogens (tertiary/aromatic N) is 1. The number of hydrogen-bond donors (Lipinski definition) is 1. The number of methoxy groups -OCH3 is 3. The number of fused-ring (bicyclic) bond motifs is 1. The third kappa shape index (κ3) is 5.02. The molecule has 0 saturated heterocycles. The molecule has 4 rings (SSSR count). The summed E-state index contributed by atoms with van der Waals surface area (Å²) in [6.07, 6.45) is 0.774. The summed E-state index contributed by atoms with van der Waals surface area (Å²) in [5.74, 6) is 2.29. The highest BCUT2D eigenvalue weighted by atomic mass is 32.1. The van der Waals surface area contributed by atoms with Crippen LogP contribution in [0.15, 0.2) is 60.7 Å². The average molecular weight is 483 g/mol. The molecule has 0 aliphatic carbocycles. The van der Waals surface area contributed by atoms with E-state index in [-0.39, 0.29) is 11.9 Å². The van der Waals surface area contributed by atoms with E-state index in [0.717, 1.165) is 23.2 Å². The average Bonchev–Trinajstić information content (AvgIpc) is 2.87. The van der Waals surface area contributed by atoms with Gasteiger partial charge in [-0.2, -0.15) is 0 Å². The second-order valence-electron chi connectivity index (χ2n) is 7.76. The summed E-state index contributed by atoms with van der Waals surface area (Å²) < 4.78 is 35.9. The Labute approximate surface area is 204 Å². The van der Waals surface area contributed by atoms with E-state index in [2.05, 4.69) is 10.2 Å². The largest absolute Gasteiger partial charge is 0.495 e. The third-order valence-electron chi connectivity index (χ3n) is 5.83. The van der Waals surface area contributed by atoms with Crippen molar-refractivity contribution in [3.8, 4) is 23.0 Å². The second kappa shape index (κ2) is 10.6. The topological polar surface area (TPSA) is 52.2 Å². The zero-order chi connectivity index (χ0) is 24.1. The van der Waals surface area contributed by atoms with Crippen LogP contribution in [0.2, 0.25) is 0 Å². The molecular weight excluding hydrogens is 455 g/mol. The van der Waals surface area contributed by atoms with Crippen molar-refractivity contribution in [2.75, 3.05) is 39.8 Å². The third-order valence-corrected chi connectivity index (χ3v) is 6.17. The number of benzene rings is 3. The van der Waals surface area contributed by atoms with Crippen molar-refractivity contribution < 1.29 is 23.3 Å². The first-order valence-corrected chi connectivity index (χ1v) is 11.3. The van der Waals surface area contributed by atoms with E-state index in [1.54, 1.807) is 33.5 Å². The molecule has 3 aromatic rings. The van der Waals surface area contributed by atoms with Crippen molar-refractivity contribution in [3.05, 3.63) is 77.6 Å². The van der Waals surface area contributed by atoms with E-state index >= 15 is 0 Å². The highest BCUT2D eigenvalue weighted by Gasteiger charge is 2.31. The van der Waals surface area contributed by atoms with Crippen LogP contribution in [0, 0.1) is 5.82 Å². The number of halogens is 1. The van der Waals surface area contributed by atoms with Gasteiger partial charge >= 0.3 is 0 Å². The molecule has 3 aromatic carbocycles. The van der Waals surface area contributed by atoms with Crippen LogP contribution in [0.4, 0.5) is 10.1 Å². The lowest BCUT2D eigenvalue weighted by Crippen LogP contribution is -2.44. The zero-order valence-electron chi connectivity index (χ0n) is 19.3.